The lowest BCUT2D eigenvalue weighted by atomic mass is 10.0. The lowest BCUT2D eigenvalue weighted by molar-refractivity contribution is -0.161. The van der Waals surface area contributed by atoms with Gasteiger partial charge in [0, 0.05) is 12.8 Å². The molecule has 0 fully saturated rings. The zero-order chi connectivity index (χ0) is 32.9. The maximum absolute atomic E-state index is 12.1. The first-order chi connectivity index (χ1) is 22.1. The van der Waals surface area contributed by atoms with Gasteiger partial charge in [-0.05, 0) is 44.9 Å². The number of aliphatic hydroxyl groups is 1. The number of allylic oxidation sites excluding steroid dienone is 6. The second kappa shape index (κ2) is 36.6. The zero-order valence-electron chi connectivity index (χ0n) is 29.6. The van der Waals surface area contributed by atoms with E-state index in [1.54, 1.807) is 0 Å². The molecule has 0 rings (SSSR count). The number of rotatable bonds is 34. The Morgan fingerprint density at radius 1 is 0.533 bits per heavy atom. The molecule has 45 heavy (non-hydrogen) atoms. The van der Waals surface area contributed by atoms with Crippen molar-refractivity contribution in [2.75, 3.05) is 13.2 Å². The first-order valence-corrected chi connectivity index (χ1v) is 19.0. The van der Waals surface area contributed by atoms with Crippen LogP contribution in [0, 0.1) is 0 Å². The minimum absolute atomic E-state index is 0.0703. The average Bonchev–Trinajstić information content (AvgIpc) is 3.04. The van der Waals surface area contributed by atoms with E-state index in [1.165, 1.54) is 89.9 Å². The van der Waals surface area contributed by atoms with Gasteiger partial charge in [-0.2, -0.15) is 0 Å². The number of carbonyl (C=O) groups excluding carboxylic acids is 2. The molecule has 1 atom stereocenters. The van der Waals surface area contributed by atoms with Crippen LogP contribution < -0.4 is 0 Å². The second-order valence-corrected chi connectivity index (χ2v) is 12.6. The van der Waals surface area contributed by atoms with E-state index in [-0.39, 0.29) is 25.2 Å². The first-order valence-electron chi connectivity index (χ1n) is 19.0. The van der Waals surface area contributed by atoms with Gasteiger partial charge in [-0.15, -0.1) is 0 Å². The van der Waals surface area contributed by atoms with Crippen LogP contribution in [0.5, 0.6) is 0 Å². The van der Waals surface area contributed by atoms with Crippen LogP contribution in [0.3, 0.4) is 0 Å². The highest BCUT2D eigenvalue weighted by Gasteiger charge is 2.16. The van der Waals surface area contributed by atoms with Crippen molar-refractivity contribution in [1.82, 2.24) is 0 Å². The Balaban J connectivity index is 3.57. The lowest BCUT2D eigenvalue weighted by Crippen LogP contribution is -2.28. The molecule has 0 radical (unpaired) electrons. The third-order valence-corrected chi connectivity index (χ3v) is 8.20. The molecular formula is C40H72O5. The van der Waals surface area contributed by atoms with Gasteiger partial charge in [0.05, 0.1) is 6.61 Å². The second-order valence-electron chi connectivity index (χ2n) is 12.6. The minimum Gasteiger partial charge on any atom is -0.462 e. The normalized spacial score (nSPS) is 12.5. The van der Waals surface area contributed by atoms with Crippen molar-refractivity contribution in [3.8, 4) is 0 Å². The van der Waals surface area contributed by atoms with E-state index in [4.69, 9.17) is 9.47 Å². The fourth-order valence-electron chi connectivity index (χ4n) is 5.33. The molecule has 0 spiro atoms. The fourth-order valence-corrected chi connectivity index (χ4v) is 5.33. The quantitative estimate of drug-likeness (QED) is 0.0434. The maximum Gasteiger partial charge on any atom is 0.306 e. The Morgan fingerprint density at radius 2 is 0.956 bits per heavy atom. The first kappa shape index (κ1) is 43.1. The molecule has 0 saturated carbocycles. The smallest absolute Gasteiger partial charge is 0.306 e. The summed E-state index contributed by atoms with van der Waals surface area (Å²) in [5.74, 6) is -0.606. The molecule has 0 aromatic carbocycles. The van der Waals surface area contributed by atoms with Crippen LogP contribution in [0.4, 0.5) is 0 Å². The van der Waals surface area contributed by atoms with E-state index in [0.29, 0.717) is 12.8 Å². The predicted molar refractivity (Wildman–Crippen MR) is 191 cm³/mol. The highest BCUT2D eigenvalue weighted by Crippen LogP contribution is 2.14. The van der Waals surface area contributed by atoms with E-state index in [9.17, 15) is 14.7 Å². The van der Waals surface area contributed by atoms with Gasteiger partial charge in [0.1, 0.15) is 6.61 Å². The van der Waals surface area contributed by atoms with Gasteiger partial charge < -0.3 is 14.6 Å². The lowest BCUT2D eigenvalue weighted by Gasteiger charge is -2.15. The molecule has 262 valence electrons. The summed E-state index contributed by atoms with van der Waals surface area (Å²) in [6, 6.07) is 0. The van der Waals surface area contributed by atoms with Crippen molar-refractivity contribution in [2.24, 2.45) is 0 Å². The van der Waals surface area contributed by atoms with Gasteiger partial charge in [-0.3, -0.25) is 9.59 Å². The summed E-state index contributed by atoms with van der Waals surface area (Å²) >= 11 is 0. The predicted octanol–water partition coefficient (Wildman–Crippen LogP) is 11.7. The molecule has 0 heterocycles. The van der Waals surface area contributed by atoms with Crippen molar-refractivity contribution >= 4 is 11.9 Å². The van der Waals surface area contributed by atoms with Gasteiger partial charge in [-0.25, -0.2) is 0 Å². The van der Waals surface area contributed by atoms with E-state index < -0.39 is 6.10 Å². The van der Waals surface area contributed by atoms with E-state index in [0.717, 1.165) is 70.6 Å². The molecule has 0 saturated heterocycles. The minimum atomic E-state index is -0.776. The molecule has 5 heteroatoms. The number of hydrogen-bond acceptors (Lipinski definition) is 5. The summed E-state index contributed by atoms with van der Waals surface area (Å²) in [6.45, 7) is 4.01. The van der Waals surface area contributed by atoms with Crippen LogP contribution in [-0.2, 0) is 19.1 Å². The molecule has 0 bridgehead atoms. The fraction of sp³-hybridized carbons (Fsp3) is 0.800. The van der Waals surface area contributed by atoms with Crippen molar-refractivity contribution in [1.29, 1.82) is 0 Å². The van der Waals surface area contributed by atoms with Crippen LogP contribution >= 0.6 is 0 Å². The van der Waals surface area contributed by atoms with Crippen molar-refractivity contribution in [3.05, 3.63) is 36.5 Å². The highest BCUT2D eigenvalue weighted by molar-refractivity contribution is 5.70. The summed E-state index contributed by atoms with van der Waals surface area (Å²) in [4.78, 5) is 24.2. The molecule has 0 unspecified atom stereocenters. The number of esters is 2. The topological polar surface area (TPSA) is 72.8 Å². The molecule has 0 aliphatic carbocycles. The van der Waals surface area contributed by atoms with Crippen molar-refractivity contribution in [2.45, 2.75) is 193 Å². The molecule has 1 N–H and O–H groups in total. The van der Waals surface area contributed by atoms with E-state index in [1.807, 2.05) is 0 Å². The van der Waals surface area contributed by atoms with Gasteiger partial charge >= 0.3 is 11.9 Å². The SMILES string of the molecule is CC/C=C/C/C=C/C/C=C/CCCCCCCC(=O)O[C@@H](CO)COC(=O)CCCCCCCCCCCCCCCCCC. The standard InChI is InChI=1S/C40H72O5/c1-3-5-7-9-11-13-15-17-19-21-22-24-26-28-30-32-34-39(42)44-37-38(36-41)45-40(43)35-33-31-29-27-25-23-20-18-16-14-12-10-8-6-4-2/h6,8,12,14,18,20,38,41H,3-5,7,9-11,13,15-17,19,21-37H2,1-2H3/b8-6+,14-12+,20-18+/t38-/m0/s1. The number of unbranched alkanes of at least 4 members (excludes halogenated alkanes) is 20. The number of hydrogen-bond donors (Lipinski definition) is 1. The van der Waals surface area contributed by atoms with Crippen LogP contribution in [0.15, 0.2) is 36.5 Å². The summed E-state index contributed by atoms with van der Waals surface area (Å²) in [5.41, 5.74) is 0. The Kier molecular flexibility index (Phi) is 35.1. The maximum atomic E-state index is 12.1. The van der Waals surface area contributed by atoms with Gasteiger partial charge in [0.2, 0.25) is 0 Å². The molecule has 5 nitrogen and oxygen atoms in total. The Morgan fingerprint density at radius 3 is 1.44 bits per heavy atom. The highest BCUT2D eigenvalue weighted by atomic mass is 16.6. The molecule has 0 aromatic rings. The van der Waals surface area contributed by atoms with Crippen molar-refractivity contribution < 1.29 is 24.2 Å². The van der Waals surface area contributed by atoms with Crippen LogP contribution in [-0.4, -0.2) is 36.4 Å². The van der Waals surface area contributed by atoms with Gasteiger partial charge in [0.25, 0.3) is 0 Å². The van der Waals surface area contributed by atoms with Gasteiger partial charge in [-0.1, -0.05) is 166 Å². The average molecular weight is 633 g/mol. The third-order valence-electron chi connectivity index (χ3n) is 8.20. The largest absolute Gasteiger partial charge is 0.462 e. The Labute approximate surface area is 278 Å². The number of aliphatic hydroxyl groups excluding tert-OH is 1. The zero-order valence-corrected chi connectivity index (χ0v) is 29.6. The van der Waals surface area contributed by atoms with Gasteiger partial charge in [0.15, 0.2) is 6.10 Å². The molecule has 0 aromatic heterocycles. The van der Waals surface area contributed by atoms with Crippen LogP contribution in [0.1, 0.15) is 187 Å². The summed E-state index contributed by atoms with van der Waals surface area (Å²) in [5, 5.41) is 9.54. The van der Waals surface area contributed by atoms with Crippen LogP contribution in [0.25, 0.3) is 0 Å². The van der Waals surface area contributed by atoms with Crippen molar-refractivity contribution in [3.63, 3.8) is 0 Å². The molecular weight excluding hydrogens is 560 g/mol. The van der Waals surface area contributed by atoms with E-state index >= 15 is 0 Å². The van der Waals surface area contributed by atoms with Crippen LogP contribution in [0.2, 0.25) is 0 Å². The number of carbonyl (C=O) groups is 2. The Bertz CT molecular complexity index is 726. The summed E-state index contributed by atoms with van der Waals surface area (Å²) < 4.78 is 10.6. The van der Waals surface area contributed by atoms with E-state index in [2.05, 4.69) is 50.3 Å². The summed E-state index contributed by atoms with van der Waals surface area (Å²) in [7, 11) is 0. The monoisotopic (exact) mass is 633 g/mol. The molecule has 0 aliphatic rings. The number of ether oxygens (including phenoxy) is 2. The Hall–Kier alpha value is -1.88. The molecule has 0 amide bonds. The summed E-state index contributed by atoms with van der Waals surface area (Å²) in [6.07, 6.45) is 43.4. The third kappa shape index (κ3) is 34.8. The molecule has 0 aliphatic heterocycles.